The molecule has 0 aromatic heterocycles. The van der Waals surface area contributed by atoms with E-state index in [0.29, 0.717) is 12.8 Å². The second-order valence-corrected chi connectivity index (χ2v) is 6.19. The van der Waals surface area contributed by atoms with Crippen LogP contribution in [0.3, 0.4) is 0 Å². The summed E-state index contributed by atoms with van der Waals surface area (Å²) in [5, 5.41) is 7.05. The first-order valence-corrected chi connectivity index (χ1v) is 8.92. The number of rotatable bonds is 12. The van der Waals surface area contributed by atoms with Crippen LogP contribution in [-0.2, 0) is 23.9 Å². The topological polar surface area (TPSA) is 209 Å². The molecule has 0 aromatic rings. The van der Waals surface area contributed by atoms with E-state index in [1.165, 1.54) is 0 Å². The van der Waals surface area contributed by atoms with E-state index in [0.717, 1.165) is 0 Å². The third kappa shape index (κ3) is 10.4. The number of ether oxygens (including phenoxy) is 1. The van der Waals surface area contributed by atoms with Crippen LogP contribution < -0.4 is 33.2 Å². The van der Waals surface area contributed by atoms with E-state index >= 15 is 0 Å². The molecule has 4 amide bonds. The van der Waals surface area contributed by atoms with Crippen molar-refractivity contribution in [3.8, 4) is 0 Å². The van der Waals surface area contributed by atoms with Crippen molar-refractivity contribution in [3.63, 3.8) is 0 Å². The first-order valence-electron chi connectivity index (χ1n) is 8.92. The Labute approximate surface area is 163 Å². The number of amides is 4. The summed E-state index contributed by atoms with van der Waals surface area (Å²) in [5.74, 6) is -3.36. The fraction of sp³-hybridized carbons (Fsp3) is 0.688. The number of hydrogen-bond donors (Lipinski definition) is 6. The molecule has 0 aliphatic carbocycles. The monoisotopic (exact) mass is 402 g/mol. The van der Waals surface area contributed by atoms with Crippen molar-refractivity contribution in [1.29, 1.82) is 0 Å². The molecule has 28 heavy (non-hydrogen) atoms. The van der Waals surface area contributed by atoms with Crippen LogP contribution in [0.4, 0.5) is 4.79 Å². The quantitative estimate of drug-likeness (QED) is 0.116. The zero-order chi connectivity index (χ0) is 21.7. The summed E-state index contributed by atoms with van der Waals surface area (Å²) in [6.45, 7) is 3.09. The lowest BCUT2D eigenvalue weighted by Gasteiger charge is -2.23. The molecule has 0 rings (SSSR count). The van der Waals surface area contributed by atoms with Crippen LogP contribution >= 0.6 is 0 Å². The predicted molar refractivity (Wildman–Crippen MR) is 99.3 cm³/mol. The number of primary amides is 1. The summed E-state index contributed by atoms with van der Waals surface area (Å²) in [7, 11) is 0. The van der Waals surface area contributed by atoms with Crippen molar-refractivity contribution < 1.29 is 28.7 Å². The smallest absolute Gasteiger partial charge is 0.336 e. The Hall–Kier alpha value is -2.73. The van der Waals surface area contributed by atoms with E-state index in [-0.39, 0.29) is 32.0 Å². The molecular formula is C16H30N6O6. The molecule has 0 aliphatic rings. The van der Waals surface area contributed by atoms with Gasteiger partial charge in [0.15, 0.2) is 0 Å². The van der Waals surface area contributed by atoms with E-state index in [4.69, 9.17) is 21.9 Å². The molecule has 0 aliphatic heterocycles. The second kappa shape index (κ2) is 13.4. The summed E-state index contributed by atoms with van der Waals surface area (Å²) in [5.41, 5.74) is 15.7. The number of nitrogens with one attached hydrogen (secondary N) is 3. The van der Waals surface area contributed by atoms with Crippen LogP contribution in [0.25, 0.3) is 0 Å². The number of esters is 2. The Morgan fingerprint density at radius 2 is 1.68 bits per heavy atom. The zero-order valence-corrected chi connectivity index (χ0v) is 16.2. The van der Waals surface area contributed by atoms with E-state index in [2.05, 4.69) is 16.0 Å². The molecule has 0 spiro atoms. The van der Waals surface area contributed by atoms with Crippen LogP contribution in [0.2, 0.25) is 0 Å². The lowest BCUT2D eigenvalue weighted by molar-refractivity contribution is -0.163. The predicted octanol–water partition coefficient (Wildman–Crippen LogP) is -2.56. The Morgan fingerprint density at radius 1 is 1.04 bits per heavy atom. The van der Waals surface area contributed by atoms with Crippen LogP contribution in [0.1, 0.15) is 33.1 Å². The van der Waals surface area contributed by atoms with Gasteiger partial charge in [-0.25, -0.2) is 14.4 Å². The molecule has 0 fully saturated rings. The van der Waals surface area contributed by atoms with Crippen LogP contribution in [-0.4, -0.2) is 61.5 Å². The molecule has 0 heterocycles. The van der Waals surface area contributed by atoms with Crippen molar-refractivity contribution in [2.24, 2.45) is 23.1 Å². The summed E-state index contributed by atoms with van der Waals surface area (Å²) in [4.78, 5) is 57.9. The summed E-state index contributed by atoms with van der Waals surface area (Å²) < 4.78 is 4.79. The van der Waals surface area contributed by atoms with Gasteiger partial charge in [-0.15, -0.1) is 0 Å². The summed E-state index contributed by atoms with van der Waals surface area (Å²) >= 11 is 0. The van der Waals surface area contributed by atoms with Gasteiger partial charge in [-0.1, -0.05) is 20.3 Å². The first-order chi connectivity index (χ1) is 13.1. The molecule has 0 bridgehead atoms. The second-order valence-electron chi connectivity index (χ2n) is 6.19. The molecule has 0 radical (unpaired) electrons. The van der Waals surface area contributed by atoms with Gasteiger partial charge < -0.3 is 37.9 Å². The van der Waals surface area contributed by atoms with Gasteiger partial charge in [0.2, 0.25) is 11.8 Å². The minimum atomic E-state index is -1.08. The largest absolute Gasteiger partial charge is 0.390 e. The van der Waals surface area contributed by atoms with Gasteiger partial charge in [0.05, 0.1) is 13.1 Å². The van der Waals surface area contributed by atoms with Crippen molar-refractivity contribution in [1.82, 2.24) is 16.0 Å². The van der Waals surface area contributed by atoms with Crippen LogP contribution in [0.5, 0.6) is 0 Å². The van der Waals surface area contributed by atoms with E-state index in [1.807, 2.05) is 0 Å². The summed E-state index contributed by atoms with van der Waals surface area (Å²) in [6.07, 6.45) is 1.05. The maximum absolute atomic E-state index is 12.3. The van der Waals surface area contributed by atoms with Gasteiger partial charge in [0.1, 0.15) is 12.1 Å². The third-order valence-electron chi connectivity index (χ3n) is 3.91. The Balaban J connectivity index is 4.66. The van der Waals surface area contributed by atoms with E-state index in [9.17, 15) is 24.0 Å². The van der Waals surface area contributed by atoms with Crippen molar-refractivity contribution in [3.05, 3.63) is 0 Å². The maximum Gasteiger partial charge on any atom is 0.336 e. The number of carbonyl (C=O) groups is 5. The minimum Gasteiger partial charge on any atom is -0.390 e. The molecule has 3 atom stereocenters. The highest BCUT2D eigenvalue weighted by atomic mass is 16.6. The Kier molecular flexibility index (Phi) is 12.1. The molecule has 0 unspecified atom stereocenters. The average Bonchev–Trinajstić information content (AvgIpc) is 2.66. The van der Waals surface area contributed by atoms with Gasteiger partial charge in [-0.3, -0.25) is 9.59 Å². The molecule has 0 saturated heterocycles. The molecule has 12 nitrogen and oxygen atoms in total. The van der Waals surface area contributed by atoms with Crippen molar-refractivity contribution >= 4 is 29.8 Å². The normalized spacial score (nSPS) is 13.6. The van der Waals surface area contributed by atoms with Crippen LogP contribution in [0, 0.1) is 5.92 Å². The lowest BCUT2D eigenvalue weighted by atomic mass is 9.99. The van der Waals surface area contributed by atoms with Gasteiger partial charge in [0, 0.05) is 6.54 Å². The highest BCUT2D eigenvalue weighted by Crippen LogP contribution is 2.10. The fourth-order valence-corrected chi connectivity index (χ4v) is 2.03. The Bertz CT molecular complexity index is 570. The van der Waals surface area contributed by atoms with Crippen molar-refractivity contribution in [2.75, 3.05) is 19.6 Å². The zero-order valence-electron chi connectivity index (χ0n) is 16.2. The fourth-order valence-electron chi connectivity index (χ4n) is 2.03. The van der Waals surface area contributed by atoms with E-state index < -0.39 is 41.9 Å². The van der Waals surface area contributed by atoms with Gasteiger partial charge >= 0.3 is 18.0 Å². The highest BCUT2D eigenvalue weighted by Gasteiger charge is 2.30. The van der Waals surface area contributed by atoms with Gasteiger partial charge in [-0.05, 0) is 18.8 Å². The maximum atomic E-state index is 12.3. The minimum absolute atomic E-state index is 0.165. The number of nitrogens with two attached hydrogens (primary N) is 3. The molecule has 0 aromatic carbocycles. The van der Waals surface area contributed by atoms with Gasteiger partial charge in [0.25, 0.3) is 0 Å². The number of carbonyl (C=O) groups excluding carboxylic acids is 5. The third-order valence-corrected chi connectivity index (χ3v) is 3.91. The number of urea groups is 1. The Morgan fingerprint density at radius 3 is 2.21 bits per heavy atom. The molecule has 0 saturated carbocycles. The standard InChI is InChI=1S/C16H30N6O6/c1-3-9(2)13(22-12(24)8-21-11(23)7-17)15(26)28-14(25)10(18)5-4-6-20-16(19)27/h9-10,13H,3-8,17-18H2,1-2H3,(H,21,23)(H,22,24)(H3,19,20,27)/t9-,10-,13-/m0/s1. The average molecular weight is 402 g/mol. The first kappa shape index (κ1) is 25.3. The molecule has 160 valence electrons. The van der Waals surface area contributed by atoms with Crippen molar-refractivity contribution in [2.45, 2.75) is 45.2 Å². The highest BCUT2D eigenvalue weighted by molar-refractivity contribution is 5.94. The number of hydrogen-bond acceptors (Lipinski definition) is 8. The SMILES string of the molecule is CC[C@H](C)[C@H](NC(=O)CNC(=O)CN)C(=O)OC(=O)[C@@H](N)CCCNC(N)=O. The lowest BCUT2D eigenvalue weighted by Crippen LogP contribution is -2.50. The molecular weight excluding hydrogens is 372 g/mol. The summed E-state index contributed by atoms with van der Waals surface area (Å²) in [6, 6.07) is -2.85. The molecule has 12 heteroatoms. The van der Waals surface area contributed by atoms with E-state index in [1.54, 1.807) is 13.8 Å². The molecule has 9 N–H and O–H groups in total. The van der Waals surface area contributed by atoms with Crippen LogP contribution in [0.15, 0.2) is 0 Å². The van der Waals surface area contributed by atoms with Gasteiger partial charge in [-0.2, -0.15) is 0 Å².